The number of aryl methyl sites for hydroxylation is 2. The molecule has 7 nitrogen and oxygen atoms in total. The number of furan rings is 1. The van der Waals surface area contributed by atoms with Gasteiger partial charge in [0, 0.05) is 0 Å². The number of nitrogens with one attached hydrogen (secondary N) is 2. The molecule has 2 N–H and O–H groups in total. The molecule has 0 saturated carbocycles. The van der Waals surface area contributed by atoms with Gasteiger partial charge in [0.15, 0.2) is 0 Å². The van der Waals surface area contributed by atoms with Gasteiger partial charge in [0.1, 0.15) is 17.1 Å². The van der Waals surface area contributed by atoms with Crippen LogP contribution in [0.1, 0.15) is 34.4 Å². The molecule has 1 saturated heterocycles. The second kappa shape index (κ2) is 5.52. The standard InChI is InChI=1S/C17H17N3O4/c1-10-9-13(11(2)24-10)14(21)19-20-15(22)17(3,18-16(20)23)12-7-5-4-6-8-12/h4-9H,1-3H3,(H,18,23)(H,19,21)/t17-/m1/s1. The van der Waals surface area contributed by atoms with Gasteiger partial charge in [0.2, 0.25) is 0 Å². The maximum absolute atomic E-state index is 12.7. The molecule has 7 heteroatoms. The highest BCUT2D eigenvalue weighted by Gasteiger charge is 2.50. The van der Waals surface area contributed by atoms with E-state index < -0.39 is 23.4 Å². The number of hydrogen-bond acceptors (Lipinski definition) is 4. The van der Waals surface area contributed by atoms with Crippen molar-refractivity contribution < 1.29 is 18.8 Å². The summed E-state index contributed by atoms with van der Waals surface area (Å²) in [5, 5.41) is 3.33. The van der Waals surface area contributed by atoms with E-state index in [1.165, 1.54) is 0 Å². The Labute approximate surface area is 138 Å². The van der Waals surface area contributed by atoms with Crippen molar-refractivity contribution in [2.24, 2.45) is 0 Å². The van der Waals surface area contributed by atoms with Gasteiger partial charge >= 0.3 is 6.03 Å². The topological polar surface area (TPSA) is 91.7 Å². The van der Waals surface area contributed by atoms with Crippen molar-refractivity contribution >= 4 is 17.8 Å². The zero-order valence-electron chi connectivity index (χ0n) is 13.5. The molecule has 1 atom stereocenters. The molecule has 0 aliphatic carbocycles. The summed E-state index contributed by atoms with van der Waals surface area (Å²) >= 11 is 0. The molecule has 1 aromatic carbocycles. The van der Waals surface area contributed by atoms with Crippen LogP contribution in [-0.4, -0.2) is 22.9 Å². The van der Waals surface area contributed by atoms with Crippen LogP contribution in [0, 0.1) is 13.8 Å². The molecule has 0 radical (unpaired) electrons. The number of rotatable bonds is 3. The van der Waals surface area contributed by atoms with E-state index in [2.05, 4.69) is 10.7 Å². The van der Waals surface area contributed by atoms with Crippen LogP contribution in [0.4, 0.5) is 4.79 Å². The fourth-order valence-electron chi connectivity index (χ4n) is 2.73. The maximum atomic E-state index is 12.7. The molecular formula is C17H17N3O4. The zero-order valence-corrected chi connectivity index (χ0v) is 13.5. The summed E-state index contributed by atoms with van der Waals surface area (Å²) in [4.78, 5) is 37.2. The Morgan fingerprint density at radius 2 is 1.88 bits per heavy atom. The quantitative estimate of drug-likeness (QED) is 0.844. The van der Waals surface area contributed by atoms with Crippen LogP contribution in [0.25, 0.3) is 0 Å². The van der Waals surface area contributed by atoms with Gasteiger partial charge in [-0.3, -0.25) is 15.0 Å². The SMILES string of the molecule is Cc1cc(C(=O)NN2C(=O)N[C@](C)(c3ccccc3)C2=O)c(C)o1. The predicted octanol–water partition coefficient (Wildman–Crippen LogP) is 2.01. The monoisotopic (exact) mass is 327 g/mol. The summed E-state index contributed by atoms with van der Waals surface area (Å²) in [5.41, 5.74) is 2.03. The van der Waals surface area contributed by atoms with E-state index >= 15 is 0 Å². The third kappa shape index (κ3) is 2.44. The molecule has 4 amide bonds. The fourth-order valence-corrected chi connectivity index (χ4v) is 2.73. The lowest BCUT2D eigenvalue weighted by Crippen LogP contribution is -2.48. The van der Waals surface area contributed by atoms with Gasteiger partial charge in [0.25, 0.3) is 11.8 Å². The highest BCUT2D eigenvalue weighted by atomic mass is 16.3. The number of carbonyl (C=O) groups is 3. The minimum Gasteiger partial charge on any atom is -0.466 e. The number of imide groups is 1. The Balaban J connectivity index is 1.85. The average molecular weight is 327 g/mol. The van der Waals surface area contributed by atoms with Crippen LogP contribution in [0.15, 0.2) is 40.8 Å². The first-order chi connectivity index (χ1) is 11.3. The molecule has 0 bridgehead atoms. The van der Waals surface area contributed by atoms with E-state index in [9.17, 15) is 14.4 Å². The Kier molecular flexibility index (Phi) is 3.63. The molecule has 1 aromatic heterocycles. The van der Waals surface area contributed by atoms with Crippen LogP contribution < -0.4 is 10.7 Å². The number of amides is 4. The van der Waals surface area contributed by atoms with Crippen LogP contribution >= 0.6 is 0 Å². The van der Waals surface area contributed by atoms with Gasteiger partial charge in [-0.1, -0.05) is 30.3 Å². The van der Waals surface area contributed by atoms with Crippen LogP contribution in [0.2, 0.25) is 0 Å². The van der Waals surface area contributed by atoms with Gasteiger partial charge in [0.05, 0.1) is 5.56 Å². The lowest BCUT2D eigenvalue weighted by atomic mass is 9.92. The first kappa shape index (κ1) is 15.8. The summed E-state index contributed by atoms with van der Waals surface area (Å²) in [7, 11) is 0. The molecule has 1 fully saturated rings. The van der Waals surface area contributed by atoms with E-state index in [1.807, 2.05) is 6.07 Å². The van der Waals surface area contributed by atoms with Crippen molar-refractivity contribution in [3.63, 3.8) is 0 Å². The summed E-state index contributed by atoms with van der Waals surface area (Å²) in [5.74, 6) is -0.137. The first-order valence-electron chi connectivity index (χ1n) is 7.43. The summed E-state index contributed by atoms with van der Waals surface area (Å²) in [6.45, 7) is 4.95. The van der Waals surface area contributed by atoms with Crippen molar-refractivity contribution in [1.29, 1.82) is 0 Å². The molecule has 24 heavy (non-hydrogen) atoms. The number of benzene rings is 1. The Morgan fingerprint density at radius 3 is 2.46 bits per heavy atom. The second-order valence-corrected chi connectivity index (χ2v) is 5.83. The normalized spacial score (nSPS) is 20.2. The highest BCUT2D eigenvalue weighted by molar-refractivity contribution is 6.09. The van der Waals surface area contributed by atoms with Crippen molar-refractivity contribution in [3.8, 4) is 0 Å². The molecular weight excluding hydrogens is 310 g/mol. The fraction of sp³-hybridized carbons (Fsp3) is 0.235. The van der Waals surface area contributed by atoms with Crippen LogP contribution in [-0.2, 0) is 10.3 Å². The molecule has 0 unspecified atom stereocenters. The Morgan fingerprint density at radius 1 is 1.21 bits per heavy atom. The van der Waals surface area contributed by atoms with Gasteiger partial charge < -0.3 is 9.73 Å². The third-order valence-corrected chi connectivity index (χ3v) is 4.04. The van der Waals surface area contributed by atoms with E-state index in [0.717, 1.165) is 0 Å². The molecule has 124 valence electrons. The molecule has 0 spiro atoms. The largest absolute Gasteiger partial charge is 0.466 e. The highest BCUT2D eigenvalue weighted by Crippen LogP contribution is 2.27. The summed E-state index contributed by atoms with van der Waals surface area (Å²) in [6.07, 6.45) is 0. The minimum atomic E-state index is -1.23. The second-order valence-electron chi connectivity index (χ2n) is 5.83. The number of carbonyl (C=O) groups excluding carboxylic acids is 3. The molecule has 2 aromatic rings. The van der Waals surface area contributed by atoms with E-state index in [1.54, 1.807) is 51.1 Å². The molecule has 1 aliphatic rings. The van der Waals surface area contributed by atoms with Gasteiger partial charge in [-0.05, 0) is 32.4 Å². The zero-order chi connectivity index (χ0) is 17.5. The third-order valence-electron chi connectivity index (χ3n) is 4.04. The summed E-state index contributed by atoms with van der Waals surface area (Å²) < 4.78 is 5.30. The van der Waals surface area contributed by atoms with Crippen molar-refractivity contribution in [1.82, 2.24) is 15.8 Å². The number of urea groups is 1. The van der Waals surface area contributed by atoms with Crippen molar-refractivity contribution in [3.05, 3.63) is 59.0 Å². The van der Waals surface area contributed by atoms with E-state index in [4.69, 9.17) is 4.42 Å². The molecule has 3 rings (SSSR count). The van der Waals surface area contributed by atoms with Crippen LogP contribution in [0.5, 0.6) is 0 Å². The van der Waals surface area contributed by atoms with Crippen molar-refractivity contribution in [2.45, 2.75) is 26.3 Å². The minimum absolute atomic E-state index is 0.279. The molecule has 2 heterocycles. The summed E-state index contributed by atoms with van der Waals surface area (Å²) in [6, 6.07) is 9.73. The first-order valence-corrected chi connectivity index (χ1v) is 7.43. The number of hydrogen-bond donors (Lipinski definition) is 2. The number of hydrazine groups is 1. The predicted molar refractivity (Wildman–Crippen MR) is 84.8 cm³/mol. The van der Waals surface area contributed by atoms with Gasteiger partial charge in [-0.25, -0.2) is 4.79 Å². The lowest BCUT2D eigenvalue weighted by Gasteiger charge is -2.22. The van der Waals surface area contributed by atoms with Crippen molar-refractivity contribution in [2.75, 3.05) is 0 Å². The molecule has 1 aliphatic heterocycles. The smallest absolute Gasteiger partial charge is 0.344 e. The van der Waals surface area contributed by atoms with E-state index in [-0.39, 0.29) is 5.56 Å². The van der Waals surface area contributed by atoms with Crippen LogP contribution in [0.3, 0.4) is 0 Å². The maximum Gasteiger partial charge on any atom is 0.344 e. The Bertz CT molecular complexity index is 828. The number of nitrogens with zero attached hydrogens (tertiary/aromatic N) is 1. The van der Waals surface area contributed by atoms with Gasteiger partial charge in [-0.15, -0.1) is 0 Å². The van der Waals surface area contributed by atoms with E-state index in [0.29, 0.717) is 22.1 Å². The van der Waals surface area contributed by atoms with Gasteiger partial charge in [-0.2, -0.15) is 5.01 Å². The Hall–Kier alpha value is -3.09. The average Bonchev–Trinajstić information content (AvgIpc) is 3.00. The lowest BCUT2D eigenvalue weighted by molar-refractivity contribution is -0.132.